The van der Waals surface area contributed by atoms with Crippen LogP contribution in [0.3, 0.4) is 0 Å². The first-order valence-electron chi connectivity index (χ1n) is 11.6. The quantitative estimate of drug-likeness (QED) is 0.252. The summed E-state index contributed by atoms with van der Waals surface area (Å²) in [5.74, 6) is -0.143. The Morgan fingerprint density at radius 2 is 1.04 bits per heavy atom. The van der Waals surface area contributed by atoms with E-state index in [0.29, 0.717) is 0 Å². The van der Waals surface area contributed by atoms with Crippen LogP contribution in [0, 0.1) is 5.82 Å². The zero-order chi connectivity index (χ0) is 19.8. The smallest absolute Gasteiger partial charge is 0.123 e. The maximum absolute atomic E-state index is 13.0. The molecule has 3 heteroatoms. The highest BCUT2D eigenvalue weighted by Gasteiger charge is 2.15. The Bertz CT molecular complexity index is 458. The Labute approximate surface area is 181 Å². The lowest BCUT2D eigenvalue weighted by Gasteiger charge is -2.30. The lowest BCUT2D eigenvalue weighted by atomic mass is 10.0. The molecule has 0 radical (unpaired) electrons. The van der Waals surface area contributed by atoms with Gasteiger partial charge in [0.1, 0.15) is 12.4 Å². The van der Waals surface area contributed by atoms with E-state index in [2.05, 4.69) is 21.0 Å². The van der Waals surface area contributed by atoms with Gasteiger partial charge in [-0.1, -0.05) is 96.1 Å². The fourth-order valence-electron chi connectivity index (χ4n) is 3.90. The molecule has 1 rings (SSSR count). The SMILES string of the molecule is CCCCCCCCCCCCCCCC[N+](C)(C)Cc1ccc(F)cc1.[Cl-]. The number of hydrogen-bond donors (Lipinski definition) is 0. The third kappa shape index (κ3) is 15.3. The molecule has 0 spiro atoms. The van der Waals surface area contributed by atoms with Gasteiger partial charge in [-0.15, -0.1) is 0 Å². The Morgan fingerprint density at radius 3 is 1.46 bits per heavy atom. The Hall–Kier alpha value is -0.600. The summed E-state index contributed by atoms with van der Waals surface area (Å²) in [4.78, 5) is 0. The van der Waals surface area contributed by atoms with Gasteiger partial charge >= 0.3 is 0 Å². The van der Waals surface area contributed by atoms with Crippen molar-refractivity contribution in [3.05, 3.63) is 35.6 Å². The van der Waals surface area contributed by atoms with Crippen LogP contribution in [0.4, 0.5) is 4.39 Å². The molecule has 0 fully saturated rings. The molecule has 1 nitrogen and oxygen atoms in total. The lowest BCUT2D eigenvalue weighted by molar-refractivity contribution is -0.903. The number of benzene rings is 1. The van der Waals surface area contributed by atoms with Gasteiger partial charge in [0.05, 0.1) is 20.6 Å². The predicted octanol–water partition coefficient (Wildman–Crippen LogP) is 4.89. The van der Waals surface area contributed by atoms with Crippen LogP contribution in [0.25, 0.3) is 0 Å². The van der Waals surface area contributed by atoms with Gasteiger partial charge in [-0.25, -0.2) is 4.39 Å². The van der Waals surface area contributed by atoms with Gasteiger partial charge < -0.3 is 16.9 Å². The first-order chi connectivity index (χ1) is 13.0. The van der Waals surface area contributed by atoms with Crippen molar-refractivity contribution >= 4 is 0 Å². The molecule has 0 heterocycles. The third-order valence-electron chi connectivity index (χ3n) is 5.64. The molecule has 0 aliphatic carbocycles. The average Bonchev–Trinajstić information content (AvgIpc) is 2.63. The molecular formula is C25H45ClFN. The van der Waals surface area contributed by atoms with Crippen molar-refractivity contribution in [3.63, 3.8) is 0 Å². The lowest BCUT2D eigenvalue weighted by Crippen LogP contribution is -3.00. The highest BCUT2D eigenvalue weighted by atomic mass is 35.5. The van der Waals surface area contributed by atoms with Crippen LogP contribution < -0.4 is 12.4 Å². The maximum atomic E-state index is 13.0. The normalized spacial score (nSPS) is 11.4. The summed E-state index contributed by atoms with van der Waals surface area (Å²) in [6.07, 6.45) is 19.7. The van der Waals surface area contributed by atoms with Crippen LogP contribution in [0.1, 0.15) is 102 Å². The fourth-order valence-corrected chi connectivity index (χ4v) is 3.90. The predicted molar refractivity (Wildman–Crippen MR) is 117 cm³/mol. The zero-order valence-electron chi connectivity index (χ0n) is 18.8. The van der Waals surface area contributed by atoms with Crippen LogP contribution >= 0.6 is 0 Å². The molecule has 0 aromatic heterocycles. The second kappa shape index (κ2) is 17.3. The monoisotopic (exact) mass is 413 g/mol. The van der Waals surface area contributed by atoms with Gasteiger partial charge in [0.25, 0.3) is 0 Å². The highest BCUT2D eigenvalue weighted by molar-refractivity contribution is 5.14. The molecule has 28 heavy (non-hydrogen) atoms. The Kier molecular flexibility index (Phi) is 16.9. The minimum Gasteiger partial charge on any atom is -1.00 e. The Morgan fingerprint density at radius 1 is 0.643 bits per heavy atom. The topological polar surface area (TPSA) is 0 Å². The molecule has 0 bridgehead atoms. The summed E-state index contributed by atoms with van der Waals surface area (Å²) in [7, 11) is 4.57. The van der Waals surface area contributed by atoms with Crippen LogP contribution in [-0.4, -0.2) is 25.1 Å². The summed E-state index contributed by atoms with van der Waals surface area (Å²) in [5, 5.41) is 0. The maximum Gasteiger partial charge on any atom is 0.123 e. The number of quaternary nitrogens is 1. The fraction of sp³-hybridized carbons (Fsp3) is 0.760. The summed E-state index contributed by atoms with van der Waals surface area (Å²) < 4.78 is 14.0. The molecule has 0 aliphatic rings. The van der Waals surface area contributed by atoms with Crippen molar-refractivity contribution < 1.29 is 21.3 Å². The second-order valence-electron chi connectivity index (χ2n) is 9.04. The summed E-state index contributed by atoms with van der Waals surface area (Å²) in [5.41, 5.74) is 1.23. The van der Waals surface area contributed by atoms with E-state index in [1.807, 2.05) is 12.1 Å². The number of rotatable bonds is 17. The van der Waals surface area contributed by atoms with Crippen LogP contribution in [-0.2, 0) is 6.54 Å². The van der Waals surface area contributed by atoms with Gasteiger partial charge in [-0.2, -0.15) is 0 Å². The largest absolute Gasteiger partial charge is 1.00 e. The van der Waals surface area contributed by atoms with E-state index in [4.69, 9.17) is 0 Å². The van der Waals surface area contributed by atoms with Gasteiger partial charge in [-0.05, 0) is 25.0 Å². The first-order valence-corrected chi connectivity index (χ1v) is 11.6. The molecule has 1 aromatic rings. The van der Waals surface area contributed by atoms with E-state index < -0.39 is 0 Å². The van der Waals surface area contributed by atoms with Crippen LogP contribution in [0.5, 0.6) is 0 Å². The highest BCUT2D eigenvalue weighted by Crippen LogP contribution is 2.15. The first kappa shape index (κ1) is 27.4. The van der Waals surface area contributed by atoms with Crippen LogP contribution in [0.15, 0.2) is 24.3 Å². The number of halogens is 2. The molecular weight excluding hydrogens is 369 g/mol. The van der Waals surface area contributed by atoms with E-state index in [1.54, 1.807) is 12.1 Å². The van der Waals surface area contributed by atoms with Gasteiger partial charge in [-0.3, -0.25) is 0 Å². The molecule has 0 saturated heterocycles. The molecule has 0 saturated carbocycles. The molecule has 0 N–H and O–H groups in total. The van der Waals surface area contributed by atoms with Crippen molar-refractivity contribution in [1.29, 1.82) is 0 Å². The van der Waals surface area contributed by atoms with Crippen molar-refractivity contribution in [2.75, 3.05) is 20.6 Å². The number of nitrogens with zero attached hydrogens (tertiary/aromatic N) is 1. The molecule has 0 unspecified atom stereocenters. The summed E-state index contributed by atoms with van der Waals surface area (Å²) in [6.45, 7) is 4.47. The average molecular weight is 414 g/mol. The Balaban J connectivity index is 0.00000729. The van der Waals surface area contributed by atoms with E-state index in [0.717, 1.165) is 11.0 Å². The molecule has 0 amide bonds. The third-order valence-corrected chi connectivity index (χ3v) is 5.64. The van der Waals surface area contributed by atoms with E-state index in [9.17, 15) is 4.39 Å². The molecule has 0 aliphatic heterocycles. The number of hydrogen-bond acceptors (Lipinski definition) is 0. The second-order valence-corrected chi connectivity index (χ2v) is 9.04. The van der Waals surface area contributed by atoms with E-state index >= 15 is 0 Å². The minimum absolute atomic E-state index is 0. The number of unbranched alkanes of at least 4 members (excludes halogenated alkanes) is 13. The summed E-state index contributed by atoms with van der Waals surface area (Å²) >= 11 is 0. The standard InChI is InChI=1S/C25H45FN.ClH/c1-4-5-6-7-8-9-10-11-12-13-14-15-16-17-22-27(2,3)23-24-18-20-25(26)21-19-24;/h18-21H,4-17,22-23H2,1-3H3;1H/q+1;/p-1. The minimum atomic E-state index is -0.143. The summed E-state index contributed by atoms with van der Waals surface area (Å²) in [6, 6.07) is 6.98. The van der Waals surface area contributed by atoms with Crippen molar-refractivity contribution in [2.45, 2.75) is 103 Å². The van der Waals surface area contributed by atoms with Crippen molar-refractivity contribution in [2.24, 2.45) is 0 Å². The van der Waals surface area contributed by atoms with Gasteiger partial charge in [0.15, 0.2) is 0 Å². The van der Waals surface area contributed by atoms with Gasteiger partial charge in [0.2, 0.25) is 0 Å². The molecule has 1 aromatic carbocycles. The van der Waals surface area contributed by atoms with Gasteiger partial charge in [0, 0.05) is 5.56 Å². The van der Waals surface area contributed by atoms with Crippen LogP contribution in [0.2, 0.25) is 0 Å². The zero-order valence-corrected chi connectivity index (χ0v) is 19.6. The van der Waals surface area contributed by atoms with Crippen molar-refractivity contribution in [1.82, 2.24) is 0 Å². The molecule has 164 valence electrons. The van der Waals surface area contributed by atoms with Crippen molar-refractivity contribution in [3.8, 4) is 0 Å². The van der Waals surface area contributed by atoms with E-state index in [-0.39, 0.29) is 18.2 Å². The molecule has 0 atom stereocenters. The van der Waals surface area contributed by atoms with E-state index in [1.165, 1.54) is 102 Å².